The lowest BCUT2D eigenvalue weighted by Crippen LogP contribution is -2.36. The topological polar surface area (TPSA) is 67.4 Å². The molecule has 1 unspecified atom stereocenters. The first-order valence-electron chi connectivity index (χ1n) is 7.97. The minimum absolute atomic E-state index is 0.0290. The van der Waals surface area contributed by atoms with E-state index in [1.54, 1.807) is 31.4 Å². The number of carbonyl (C=O) groups is 2. The summed E-state index contributed by atoms with van der Waals surface area (Å²) in [5.41, 5.74) is 1.83. The van der Waals surface area contributed by atoms with Gasteiger partial charge in [-0.1, -0.05) is 49.0 Å². The Morgan fingerprint density at radius 3 is 2.32 bits per heavy atom. The summed E-state index contributed by atoms with van der Waals surface area (Å²) >= 11 is 0. The summed E-state index contributed by atoms with van der Waals surface area (Å²) in [6.45, 7) is 5.52. The molecule has 0 heterocycles. The second-order valence-electron chi connectivity index (χ2n) is 5.66. The molecule has 2 aromatic rings. The molecule has 0 aliphatic rings. The maximum Gasteiger partial charge on any atom is 0.267 e. The average molecular weight is 338 g/mol. The van der Waals surface area contributed by atoms with Gasteiger partial charge in [0.05, 0.1) is 25.3 Å². The van der Waals surface area contributed by atoms with Crippen LogP contribution in [0.2, 0.25) is 0 Å². The highest BCUT2D eigenvalue weighted by Crippen LogP contribution is 2.13. The van der Waals surface area contributed by atoms with Gasteiger partial charge >= 0.3 is 0 Å². The molecular weight excluding hydrogens is 316 g/mol. The first kappa shape index (κ1) is 18.3. The highest BCUT2D eigenvalue weighted by atomic mass is 16.5. The van der Waals surface area contributed by atoms with Crippen LogP contribution in [-0.4, -0.2) is 18.9 Å². The van der Waals surface area contributed by atoms with Gasteiger partial charge in [0.25, 0.3) is 5.91 Å². The van der Waals surface area contributed by atoms with Gasteiger partial charge in [0.15, 0.2) is 0 Å². The predicted molar refractivity (Wildman–Crippen MR) is 97.0 cm³/mol. The molecule has 2 amide bonds. The normalized spacial score (nSPS) is 11.3. The molecule has 0 bridgehead atoms. The van der Waals surface area contributed by atoms with Crippen molar-refractivity contribution in [1.29, 1.82) is 0 Å². The third-order valence-corrected chi connectivity index (χ3v) is 3.74. The van der Waals surface area contributed by atoms with Crippen molar-refractivity contribution < 1.29 is 14.3 Å². The zero-order valence-corrected chi connectivity index (χ0v) is 14.4. The van der Waals surface area contributed by atoms with Crippen LogP contribution in [0.1, 0.15) is 24.1 Å². The van der Waals surface area contributed by atoms with Crippen LogP contribution in [0.3, 0.4) is 0 Å². The molecule has 0 fully saturated rings. The molecule has 0 aliphatic heterocycles. The quantitative estimate of drug-likeness (QED) is 0.763. The average Bonchev–Trinajstić information content (AvgIpc) is 2.62. The van der Waals surface area contributed by atoms with E-state index in [-0.39, 0.29) is 24.1 Å². The molecule has 2 aromatic carbocycles. The third kappa shape index (κ3) is 5.49. The standard InChI is InChI=1S/C20H22N2O3/c1-14(17-7-5-4-6-8-17)22-20(24)15(2)21-19(23)13-16-9-11-18(25-3)12-10-16/h4-12,14H,2,13H2,1,3H3,(H,21,23)(H,22,24). The lowest BCUT2D eigenvalue weighted by molar-refractivity contribution is -0.123. The van der Waals surface area contributed by atoms with E-state index in [9.17, 15) is 9.59 Å². The van der Waals surface area contributed by atoms with E-state index < -0.39 is 5.91 Å². The smallest absolute Gasteiger partial charge is 0.267 e. The van der Waals surface area contributed by atoms with E-state index in [1.165, 1.54) is 0 Å². The number of rotatable bonds is 7. The van der Waals surface area contributed by atoms with Crippen LogP contribution in [0.15, 0.2) is 66.9 Å². The second-order valence-corrected chi connectivity index (χ2v) is 5.66. The Morgan fingerprint density at radius 2 is 1.72 bits per heavy atom. The molecule has 0 saturated carbocycles. The highest BCUT2D eigenvalue weighted by molar-refractivity contribution is 5.97. The van der Waals surface area contributed by atoms with Gasteiger partial charge in [-0.25, -0.2) is 0 Å². The first-order chi connectivity index (χ1) is 12.0. The van der Waals surface area contributed by atoms with Crippen LogP contribution in [0.5, 0.6) is 5.75 Å². The minimum Gasteiger partial charge on any atom is -0.497 e. The van der Waals surface area contributed by atoms with E-state index in [1.807, 2.05) is 37.3 Å². The second kappa shape index (κ2) is 8.68. The van der Waals surface area contributed by atoms with Gasteiger partial charge in [0, 0.05) is 0 Å². The zero-order valence-electron chi connectivity index (χ0n) is 14.4. The highest BCUT2D eigenvalue weighted by Gasteiger charge is 2.14. The summed E-state index contributed by atoms with van der Waals surface area (Å²) in [6, 6.07) is 16.6. The van der Waals surface area contributed by atoms with Crippen molar-refractivity contribution in [2.45, 2.75) is 19.4 Å². The van der Waals surface area contributed by atoms with E-state index >= 15 is 0 Å². The van der Waals surface area contributed by atoms with Crippen LogP contribution < -0.4 is 15.4 Å². The van der Waals surface area contributed by atoms with Crippen molar-refractivity contribution in [3.05, 3.63) is 78.0 Å². The van der Waals surface area contributed by atoms with Gasteiger partial charge in [-0.15, -0.1) is 0 Å². The van der Waals surface area contributed by atoms with Crippen LogP contribution in [0.25, 0.3) is 0 Å². The molecule has 5 heteroatoms. The molecule has 2 rings (SSSR count). The summed E-state index contributed by atoms with van der Waals surface area (Å²) in [7, 11) is 1.58. The number of hydrogen-bond donors (Lipinski definition) is 2. The number of nitrogens with one attached hydrogen (secondary N) is 2. The van der Waals surface area contributed by atoms with Crippen molar-refractivity contribution in [3.63, 3.8) is 0 Å². The van der Waals surface area contributed by atoms with E-state index in [0.29, 0.717) is 0 Å². The van der Waals surface area contributed by atoms with E-state index in [2.05, 4.69) is 17.2 Å². The van der Waals surface area contributed by atoms with Crippen molar-refractivity contribution in [2.24, 2.45) is 0 Å². The molecule has 0 aromatic heterocycles. The Bertz CT molecular complexity index is 739. The van der Waals surface area contributed by atoms with Gasteiger partial charge < -0.3 is 15.4 Å². The molecule has 0 aliphatic carbocycles. The molecule has 25 heavy (non-hydrogen) atoms. The maximum atomic E-state index is 12.2. The fraction of sp³-hybridized carbons (Fsp3) is 0.200. The Balaban J connectivity index is 1.85. The lowest BCUT2D eigenvalue weighted by atomic mass is 10.1. The SMILES string of the molecule is C=C(NC(=O)Cc1ccc(OC)cc1)C(=O)NC(C)c1ccccc1. The minimum atomic E-state index is -0.403. The number of hydrogen-bond acceptors (Lipinski definition) is 3. The summed E-state index contributed by atoms with van der Waals surface area (Å²) in [6.07, 6.45) is 0.157. The predicted octanol–water partition coefficient (Wildman–Crippen LogP) is 2.75. The summed E-state index contributed by atoms with van der Waals surface area (Å²) in [5, 5.41) is 5.35. The van der Waals surface area contributed by atoms with Crippen LogP contribution >= 0.6 is 0 Å². The number of amides is 2. The number of ether oxygens (including phenoxy) is 1. The van der Waals surface area contributed by atoms with Crippen molar-refractivity contribution >= 4 is 11.8 Å². The van der Waals surface area contributed by atoms with Gasteiger partial charge in [-0.05, 0) is 30.2 Å². The summed E-state index contributed by atoms with van der Waals surface area (Å²) in [4.78, 5) is 24.2. The van der Waals surface area contributed by atoms with Crippen molar-refractivity contribution in [2.75, 3.05) is 7.11 Å². The molecule has 1 atom stereocenters. The van der Waals surface area contributed by atoms with Gasteiger partial charge in [-0.3, -0.25) is 9.59 Å². The third-order valence-electron chi connectivity index (χ3n) is 3.74. The number of benzene rings is 2. The molecule has 5 nitrogen and oxygen atoms in total. The summed E-state index contributed by atoms with van der Waals surface area (Å²) in [5.74, 6) is 0.0277. The van der Waals surface area contributed by atoms with Gasteiger partial charge in [-0.2, -0.15) is 0 Å². The lowest BCUT2D eigenvalue weighted by Gasteiger charge is -2.15. The Morgan fingerprint density at radius 1 is 1.08 bits per heavy atom. The van der Waals surface area contributed by atoms with E-state index in [4.69, 9.17) is 4.74 Å². The molecular formula is C20H22N2O3. The van der Waals surface area contributed by atoms with Crippen LogP contribution in [0.4, 0.5) is 0 Å². The molecule has 0 spiro atoms. The largest absolute Gasteiger partial charge is 0.497 e. The monoisotopic (exact) mass is 338 g/mol. The Hall–Kier alpha value is -3.08. The number of carbonyl (C=O) groups excluding carboxylic acids is 2. The van der Waals surface area contributed by atoms with Crippen LogP contribution in [-0.2, 0) is 16.0 Å². The Labute approximate surface area is 147 Å². The fourth-order valence-electron chi connectivity index (χ4n) is 2.31. The molecule has 0 saturated heterocycles. The van der Waals surface area contributed by atoms with Crippen molar-refractivity contribution in [1.82, 2.24) is 10.6 Å². The fourth-order valence-corrected chi connectivity index (χ4v) is 2.31. The maximum absolute atomic E-state index is 12.2. The molecule has 2 N–H and O–H groups in total. The van der Waals surface area contributed by atoms with Crippen LogP contribution in [0, 0.1) is 0 Å². The van der Waals surface area contributed by atoms with Gasteiger partial charge in [0.1, 0.15) is 5.75 Å². The summed E-state index contributed by atoms with van der Waals surface area (Å²) < 4.78 is 5.08. The van der Waals surface area contributed by atoms with Gasteiger partial charge in [0.2, 0.25) is 5.91 Å². The first-order valence-corrected chi connectivity index (χ1v) is 7.97. The zero-order chi connectivity index (χ0) is 18.2. The van der Waals surface area contributed by atoms with Crippen molar-refractivity contribution in [3.8, 4) is 5.75 Å². The number of methoxy groups -OCH3 is 1. The molecule has 130 valence electrons. The Kier molecular flexibility index (Phi) is 6.34. The molecule has 0 radical (unpaired) electrons. The van der Waals surface area contributed by atoms with E-state index in [0.717, 1.165) is 16.9 Å².